The van der Waals surface area contributed by atoms with Crippen LogP contribution in [0.3, 0.4) is 0 Å². The first-order chi connectivity index (χ1) is 8.25. The van der Waals surface area contributed by atoms with Crippen LogP contribution in [-0.2, 0) is 4.79 Å². The molecular weight excluding hydrogens is 214 g/mol. The molecule has 1 saturated carbocycles. The van der Waals surface area contributed by atoms with E-state index in [9.17, 15) is 4.79 Å². The number of nitrogens with zero attached hydrogens (tertiary/aromatic N) is 1. The van der Waals surface area contributed by atoms with Gasteiger partial charge in [-0.15, -0.1) is 0 Å². The largest absolute Gasteiger partial charge is 0.481 e. The maximum absolute atomic E-state index is 10.5. The van der Waals surface area contributed by atoms with Gasteiger partial charge in [-0.3, -0.25) is 4.79 Å². The van der Waals surface area contributed by atoms with E-state index >= 15 is 0 Å². The van der Waals surface area contributed by atoms with Gasteiger partial charge in [-0.1, -0.05) is 19.3 Å². The number of piperidine rings is 1. The van der Waals surface area contributed by atoms with E-state index in [1.165, 1.54) is 58.0 Å². The smallest absolute Gasteiger partial charge is 0.303 e. The average Bonchev–Trinajstić information content (AvgIpc) is 2.38. The fraction of sp³-hybridized carbons (Fsp3) is 0.929. The first kappa shape index (κ1) is 12.9. The first-order valence-electron chi connectivity index (χ1n) is 7.21. The Balaban J connectivity index is 1.68. The number of carboxylic acids is 1. The number of likely N-dealkylation sites (tertiary alicyclic amines) is 1. The van der Waals surface area contributed by atoms with Crippen molar-refractivity contribution in [2.45, 2.75) is 63.8 Å². The minimum atomic E-state index is -0.639. The van der Waals surface area contributed by atoms with Crippen molar-refractivity contribution in [1.29, 1.82) is 0 Å². The monoisotopic (exact) mass is 239 g/mol. The molecule has 0 aromatic heterocycles. The van der Waals surface area contributed by atoms with Crippen LogP contribution in [0.15, 0.2) is 0 Å². The standard InChI is InChI=1S/C14H25NO2/c16-14(17)7-6-12-8-10-15(11-9-12)13-4-2-1-3-5-13/h12-13H,1-11H2,(H,16,17). The van der Waals surface area contributed by atoms with E-state index in [1.54, 1.807) is 0 Å². The highest BCUT2D eigenvalue weighted by Crippen LogP contribution is 2.28. The molecule has 0 aromatic rings. The summed E-state index contributed by atoms with van der Waals surface area (Å²) in [6.07, 6.45) is 10.7. The van der Waals surface area contributed by atoms with Gasteiger partial charge < -0.3 is 10.0 Å². The lowest BCUT2D eigenvalue weighted by atomic mass is 9.88. The molecule has 1 saturated heterocycles. The number of aliphatic carboxylic acids is 1. The zero-order valence-corrected chi connectivity index (χ0v) is 10.7. The van der Waals surface area contributed by atoms with Crippen molar-refractivity contribution in [3.63, 3.8) is 0 Å². The third kappa shape index (κ3) is 3.98. The van der Waals surface area contributed by atoms with Crippen molar-refractivity contribution >= 4 is 5.97 Å². The maximum atomic E-state index is 10.5. The molecule has 0 aromatic carbocycles. The lowest BCUT2D eigenvalue weighted by Crippen LogP contribution is -2.42. The van der Waals surface area contributed by atoms with Crippen molar-refractivity contribution in [2.24, 2.45) is 5.92 Å². The number of carbonyl (C=O) groups is 1. The zero-order chi connectivity index (χ0) is 12.1. The predicted molar refractivity (Wildman–Crippen MR) is 68.0 cm³/mol. The molecule has 1 aliphatic heterocycles. The Morgan fingerprint density at radius 1 is 1.06 bits per heavy atom. The van der Waals surface area contributed by atoms with Crippen LogP contribution in [-0.4, -0.2) is 35.1 Å². The highest BCUT2D eigenvalue weighted by atomic mass is 16.4. The summed E-state index contributed by atoms with van der Waals surface area (Å²) >= 11 is 0. The van der Waals surface area contributed by atoms with E-state index in [2.05, 4.69) is 4.90 Å². The van der Waals surface area contributed by atoms with Gasteiger partial charge in [0.05, 0.1) is 0 Å². The van der Waals surface area contributed by atoms with Crippen LogP contribution in [0.2, 0.25) is 0 Å². The van der Waals surface area contributed by atoms with Crippen LogP contribution in [0, 0.1) is 5.92 Å². The number of rotatable bonds is 4. The number of carboxylic acid groups (broad SMARTS) is 1. The van der Waals surface area contributed by atoms with Crippen LogP contribution in [0.25, 0.3) is 0 Å². The summed E-state index contributed by atoms with van der Waals surface area (Å²) in [6.45, 7) is 2.41. The van der Waals surface area contributed by atoms with Crippen molar-refractivity contribution in [1.82, 2.24) is 4.90 Å². The van der Waals surface area contributed by atoms with Crippen LogP contribution >= 0.6 is 0 Å². The van der Waals surface area contributed by atoms with Crippen molar-refractivity contribution in [3.8, 4) is 0 Å². The molecule has 0 atom stereocenters. The van der Waals surface area contributed by atoms with Gasteiger partial charge in [0.2, 0.25) is 0 Å². The fourth-order valence-corrected chi connectivity index (χ4v) is 3.38. The van der Waals surface area contributed by atoms with Crippen LogP contribution < -0.4 is 0 Å². The lowest BCUT2D eigenvalue weighted by Gasteiger charge is -2.39. The second-order valence-electron chi connectivity index (χ2n) is 5.70. The molecule has 3 nitrogen and oxygen atoms in total. The van der Waals surface area contributed by atoms with Gasteiger partial charge in [-0.05, 0) is 51.1 Å². The molecule has 0 amide bonds. The molecule has 0 spiro atoms. The topological polar surface area (TPSA) is 40.5 Å². The molecule has 3 heteroatoms. The van der Waals surface area contributed by atoms with Crippen LogP contribution in [0.4, 0.5) is 0 Å². The Morgan fingerprint density at radius 3 is 2.29 bits per heavy atom. The molecule has 98 valence electrons. The predicted octanol–water partition coefficient (Wildman–Crippen LogP) is 2.90. The molecule has 2 aliphatic rings. The second kappa shape index (κ2) is 6.39. The SMILES string of the molecule is O=C(O)CCC1CCN(C2CCCCC2)CC1. The van der Waals surface area contributed by atoms with Crippen molar-refractivity contribution in [3.05, 3.63) is 0 Å². The third-order valence-corrected chi connectivity index (χ3v) is 4.51. The van der Waals surface area contributed by atoms with E-state index in [0.29, 0.717) is 12.3 Å². The normalized spacial score (nSPS) is 24.9. The van der Waals surface area contributed by atoms with E-state index in [0.717, 1.165) is 12.5 Å². The molecule has 17 heavy (non-hydrogen) atoms. The summed E-state index contributed by atoms with van der Waals surface area (Å²) in [4.78, 5) is 13.2. The molecule has 1 N–H and O–H groups in total. The minimum Gasteiger partial charge on any atom is -0.481 e. The lowest BCUT2D eigenvalue weighted by molar-refractivity contribution is -0.137. The summed E-state index contributed by atoms with van der Waals surface area (Å²) in [5, 5.41) is 8.69. The van der Waals surface area contributed by atoms with E-state index in [4.69, 9.17) is 5.11 Å². The van der Waals surface area contributed by atoms with Crippen LogP contribution in [0.5, 0.6) is 0 Å². The van der Waals surface area contributed by atoms with E-state index < -0.39 is 5.97 Å². The van der Waals surface area contributed by atoms with Gasteiger partial charge in [0, 0.05) is 12.5 Å². The average molecular weight is 239 g/mol. The van der Waals surface area contributed by atoms with E-state index in [-0.39, 0.29) is 0 Å². The zero-order valence-electron chi connectivity index (χ0n) is 10.7. The summed E-state index contributed by atoms with van der Waals surface area (Å²) in [5.41, 5.74) is 0. The van der Waals surface area contributed by atoms with Gasteiger partial charge in [0.1, 0.15) is 0 Å². The molecule has 2 fully saturated rings. The van der Waals surface area contributed by atoms with Gasteiger partial charge in [-0.2, -0.15) is 0 Å². The highest BCUT2D eigenvalue weighted by Gasteiger charge is 2.26. The minimum absolute atomic E-state index is 0.355. The molecular formula is C14H25NO2. The molecule has 1 heterocycles. The van der Waals surface area contributed by atoms with Gasteiger partial charge >= 0.3 is 5.97 Å². The van der Waals surface area contributed by atoms with Gasteiger partial charge in [0.25, 0.3) is 0 Å². The molecule has 0 bridgehead atoms. The Morgan fingerprint density at radius 2 is 1.71 bits per heavy atom. The maximum Gasteiger partial charge on any atom is 0.303 e. The first-order valence-corrected chi connectivity index (χ1v) is 7.21. The summed E-state index contributed by atoms with van der Waals surface area (Å²) in [7, 11) is 0. The number of hydrogen-bond donors (Lipinski definition) is 1. The third-order valence-electron chi connectivity index (χ3n) is 4.51. The quantitative estimate of drug-likeness (QED) is 0.820. The van der Waals surface area contributed by atoms with Gasteiger partial charge in [0.15, 0.2) is 0 Å². The Hall–Kier alpha value is -0.570. The van der Waals surface area contributed by atoms with Gasteiger partial charge in [-0.25, -0.2) is 0 Å². The highest BCUT2D eigenvalue weighted by molar-refractivity contribution is 5.66. The Kier molecular flexibility index (Phi) is 4.84. The van der Waals surface area contributed by atoms with E-state index in [1.807, 2.05) is 0 Å². The number of hydrogen-bond acceptors (Lipinski definition) is 2. The van der Waals surface area contributed by atoms with Crippen molar-refractivity contribution in [2.75, 3.05) is 13.1 Å². The molecule has 1 aliphatic carbocycles. The summed E-state index contributed by atoms with van der Waals surface area (Å²) in [5.74, 6) is 0.0191. The summed E-state index contributed by atoms with van der Waals surface area (Å²) < 4.78 is 0. The Labute approximate surface area is 104 Å². The molecule has 0 radical (unpaired) electrons. The Bertz CT molecular complexity index is 241. The van der Waals surface area contributed by atoms with Crippen LogP contribution in [0.1, 0.15) is 57.8 Å². The summed E-state index contributed by atoms with van der Waals surface area (Å²) in [6, 6.07) is 0.837. The second-order valence-corrected chi connectivity index (χ2v) is 5.70. The fourth-order valence-electron chi connectivity index (χ4n) is 3.38. The molecule has 0 unspecified atom stereocenters. The van der Waals surface area contributed by atoms with Crippen molar-refractivity contribution < 1.29 is 9.90 Å². The molecule has 2 rings (SSSR count).